The summed E-state index contributed by atoms with van der Waals surface area (Å²) in [5.74, 6) is -1.17. The van der Waals surface area contributed by atoms with Gasteiger partial charge in [-0.2, -0.15) is 0 Å². The molecular weight excluding hydrogens is 369 g/mol. The third-order valence-corrected chi connectivity index (χ3v) is 6.26. The predicted octanol–water partition coefficient (Wildman–Crippen LogP) is 3.45. The van der Waals surface area contributed by atoms with Crippen molar-refractivity contribution in [2.45, 2.75) is 24.0 Å². The molecule has 0 unspecified atom stereocenters. The minimum atomic E-state index is -3.63. The summed E-state index contributed by atoms with van der Waals surface area (Å²) in [5.41, 5.74) is 0.525. The summed E-state index contributed by atoms with van der Waals surface area (Å²) in [4.78, 5) is 16.4. The normalized spacial score (nSPS) is 11.6. The summed E-state index contributed by atoms with van der Waals surface area (Å²) < 4.78 is 40.8. The highest BCUT2D eigenvalue weighted by Gasteiger charge is 2.25. The van der Waals surface area contributed by atoms with Crippen molar-refractivity contribution in [1.29, 1.82) is 0 Å². The Hall–Kier alpha value is -3.00. The Bertz CT molecular complexity index is 1080. The number of aromatic nitrogens is 2. The van der Waals surface area contributed by atoms with Crippen molar-refractivity contribution < 1.29 is 17.6 Å². The molecule has 0 saturated carbocycles. The lowest BCUT2D eigenvalue weighted by Crippen LogP contribution is -2.20. The molecule has 0 saturated heterocycles. The van der Waals surface area contributed by atoms with Gasteiger partial charge in [0.15, 0.2) is 9.84 Å². The van der Waals surface area contributed by atoms with E-state index in [4.69, 9.17) is 0 Å². The van der Waals surface area contributed by atoms with E-state index >= 15 is 0 Å². The number of halogens is 1. The summed E-state index contributed by atoms with van der Waals surface area (Å²) in [6.45, 7) is 3.10. The number of anilines is 1. The number of rotatable bonds is 5. The molecule has 1 heterocycles. The number of nitrogens with one attached hydrogen (secondary N) is 1. The number of carbonyl (C=O) groups excluding carboxylic acids is 1. The Kier molecular flexibility index (Phi) is 5.09. The summed E-state index contributed by atoms with van der Waals surface area (Å²) in [5, 5.41) is 1.89. The molecule has 0 spiro atoms. The minimum Gasteiger partial charge on any atom is -0.322 e. The van der Waals surface area contributed by atoms with E-state index in [0.717, 1.165) is 0 Å². The number of hydrogen-bond donors (Lipinski definition) is 1. The Morgan fingerprint density at radius 3 is 2.56 bits per heavy atom. The second kappa shape index (κ2) is 7.32. The number of benzene rings is 2. The van der Waals surface area contributed by atoms with Gasteiger partial charge in [0.05, 0.1) is 27.7 Å². The first-order valence-electron chi connectivity index (χ1n) is 8.23. The van der Waals surface area contributed by atoms with Crippen LogP contribution in [0.15, 0.2) is 66.1 Å². The highest BCUT2D eigenvalue weighted by molar-refractivity contribution is 7.92. The van der Waals surface area contributed by atoms with Gasteiger partial charge in [-0.3, -0.25) is 4.79 Å². The topological polar surface area (TPSA) is 81.1 Å². The van der Waals surface area contributed by atoms with Gasteiger partial charge in [-0.15, -0.1) is 0 Å². The van der Waals surface area contributed by atoms with E-state index in [0.29, 0.717) is 0 Å². The second-order valence-electron chi connectivity index (χ2n) is 6.18. The third-order valence-electron chi connectivity index (χ3n) is 4.05. The lowest BCUT2D eigenvalue weighted by molar-refractivity contribution is 0.102. The van der Waals surface area contributed by atoms with Gasteiger partial charge in [-0.1, -0.05) is 12.1 Å². The maximum absolute atomic E-state index is 14.3. The zero-order chi connectivity index (χ0) is 19.6. The first-order chi connectivity index (χ1) is 12.8. The Morgan fingerprint density at radius 2 is 1.93 bits per heavy atom. The molecule has 0 atom stereocenters. The van der Waals surface area contributed by atoms with E-state index in [1.54, 1.807) is 32.2 Å². The van der Waals surface area contributed by atoms with Crippen LogP contribution in [0.2, 0.25) is 0 Å². The molecule has 6 nitrogen and oxygen atoms in total. The Balaban J connectivity index is 1.90. The Morgan fingerprint density at radius 1 is 1.19 bits per heavy atom. The molecule has 2 aromatic carbocycles. The SMILES string of the molecule is CC(C)S(=O)(=O)c1ccccc1C(=O)Nc1ccc(-n2ccnc2)c(F)c1. The fraction of sp³-hybridized carbons (Fsp3) is 0.158. The zero-order valence-electron chi connectivity index (χ0n) is 14.8. The fourth-order valence-corrected chi connectivity index (χ4v) is 3.79. The lowest BCUT2D eigenvalue weighted by Gasteiger charge is -2.13. The first-order valence-corrected chi connectivity index (χ1v) is 9.77. The van der Waals surface area contributed by atoms with Crippen molar-refractivity contribution in [3.63, 3.8) is 0 Å². The molecule has 0 fully saturated rings. The van der Waals surface area contributed by atoms with Crippen molar-refractivity contribution in [3.05, 3.63) is 72.6 Å². The van der Waals surface area contributed by atoms with Crippen molar-refractivity contribution in [2.75, 3.05) is 5.32 Å². The van der Waals surface area contributed by atoms with Gasteiger partial charge in [0, 0.05) is 18.1 Å². The quantitative estimate of drug-likeness (QED) is 0.727. The van der Waals surface area contributed by atoms with E-state index in [1.165, 1.54) is 47.4 Å². The van der Waals surface area contributed by atoms with Gasteiger partial charge in [-0.25, -0.2) is 17.8 Å². The van der Waals surface area contributed by atoms with Crippen molar-refractivity contribution >= 4 is 21.4 Å². The van der Waals surface area contributed by atoms with Crippen LogP contribution in [0.25, 0.3) is 5.69 Å². The smallest absolute Gasteiger partial charge is 0.256 e. The molecule has 3 rings (SSSR count). The average molecular weight is 387 g/mol. The van der Waals surface area contributed by atoms with E-state index < -0.39 is 26.8 Å². The van der Waals surface area contributed by atoms with E-state index in [9.17, 15) is 17.6 Å². The largest absolute Gasteiger partial charge is 0.322 e. The van der Waals surface area contributed by atoms with Gasteiger partial charge in [0.25, 0.3) is 5.91 Å². The molecule has 3 aromatic rings. The van der Waals surface area contributed by atoms with Gasteiger partial charge < -0.3 is 9.88 Å². The standard InChI is InChI=1S/C19H18FN3O3S/c1-13(2)27(25,26)18-6-4-3-5-15(18)19(24)22-14-7-8-17(16(20)11-14)23-10-9-21-12-23/h3-13H,1-2H3,(H,22,24). The summed E-state index contributed by atoms with van der Waals surface area (Å²) in [6, 6.07) is 10.2. The Labute approximate surface area is 156 Å². The predicted molar refractivity (Wildman–Crippen MR) is 100 cm³/mol. The van der Waals surface area contributed by atoms with Crippen LogP contribution in [-0.4, -0.2) is 29.1 Å². The molecule has 27 heavy (non-hydrogen) atoms. The molecule has 0 aliphatic heterocycles. The molecule has 140 valence electrons. The van der Waals surface area contributed by atoms with E-state index in [-0.39, 0.29) is 21.8 Å². The number of imidazole rings is 1. The van der Waals surface area contributed by atoms with Crippen LogP contribution < -0.4 is 5.32 Å². The lowest BCUT2D eigenvalue weighted by atomic mass is 10.2. The van der Waals surface area contributed by atoms with Crippen LogP contribution in [0.1, 0.15) is 24.2 Å². The maximum atomic E-state index is 14.3. The van der Waals surface area contributed by atoms with Crippen LogP contribution in [0.4, 0.5) is 10.1 Å². The first kappa shape index (κ1) is 18.8. The molecule has 0 bridgehead atoms. The molecule has 0 radical (unpaired) electrons. The second-order valence-corrected chi connectivity index (χ2v) is 8.65. The number of nitrogens with zero attached hydrogens (tertiary/aromatic N) is 2. The van der Waals surface area contributed by atoms with Gasteiger partial charge in [-0.05, 0) is 44.2 Å². The van der Waals surface area contributed by atoms with Crippen LogP contribution >= 0.6 is 0 Å². The highest BCUT2D eigenvalue weighted by atomic mass is 32.2. The zero-order valence-corrected chi connectivity index (χ0v) is 15.6. The van der Waals surface area contributed by atoms with E-state index in [1.807, 2.05) is 0 Å². The van der Waals surface area contributed by atoms with Gasteiger partial charge >= 0.3 is 0 Å². The molecular formula is C19H18FN3O3S. The molecule has 1 aromatic heterocycles. The number of sulfone groups is 1. The van der Waals surface area contributed by atoms with Crippen molar-refractivity contribution in [1.82, 2.24) is 9.55 Å². The summed E-state index contributed by atoms with van der Waals surface area (Å²) in [6.07, 6.45) is 4.59. The average Bonchev–Trinajstić information content (AvgIpc) is 3.16. The monoisotopic (exact) mass is 387 g/mol. The molecule has 0 aliphatic rings. The molecule has 8 heteroatoms. The van der Waals surface area contributed by atoms with Crippen molar-refractivity contribution in [2.24, 2.45) is 0 Å². The maximum Gasteiger partial charge on any atom is 0.256 e. The summed E-state index contributed by atoms with van der Waals surface area (Å²) in [7, 11) is -3.63. The third kappa shape index (κ3) is 3.75. The molecule has 1 amide bonds. The van der Waals surface area contributed by atoms with Crippen LogP contribution in [-0.2, 0) is 9.84 Å². The number of hydrogen-bond acceptors (Lipinski definition) is 4. The summed E-state index contributed by atoms with van der Waals surface area (Å²) >= 11 is 0. The van der Waals surface area contributed by atoms with Gasteiger partial charge in [0.1, 0.15) is 5.82 Å². The van der Waals surface area contributed by atoms with Crippen LogP contribution in [0.5, 0.6) is 0 Å². The number of carbonyl (C=O) groups is 1. The fourth-order valence-electron chi connectivity index (χ4n) is 2.55. The highest BCUT2D eigenvalue weighted by Crippen LogP contribution is 2.23. The minimum absolute atomic E-state index is 0.0188. The van der Waals surface area contributed by atoms with Crippen LogP contribution in [0, 0.1) is 5.82 Å². The van der Waals surface area contributed by atoms with Crippen molar-refractivity contribution in [3.8, 4) is 5.69 Å². The number of amides is 1. The van der Waals surface area contributed by atoms with E-state index in [2.05, 4.69) is 10.3 Å². The molecule has 0 aliphatic carbocycles. The van der Waals surface area contributed by atoms with Gasteiger partial charge in [0.2, 0.25) is 0 Å². The van der Waals surface area contributed by atoms with Crippen LogP contribution in [0.3, 0.4) is 0 Å². The molecule has 1 N–H and O–H groups in total.